The van der Waals surface area contributed by atoms with Crippen LogP contribution in [0.2, 0.25) is 0 Å². The highest BCUT2D eigenvalue weighted by Gasteiger charge is 2.75. The normalized spacial score (nSPS) is 44.1. The predicted molar refractivity (Wildman–Crippen MR) is 205 cm³/mol. The van der Waals surface area contributed by atoms with Gasteiger partial charge >= 0.3 is 0 Å². The van der Waals surface area contributed by atoms with Gasteiger partial charge in [0.15, 0.2) is 0 Å². The summed E-state index contributed by atoms with van der Waals surface area (Å²) in [5.41, 5.74) is 8.28. The van der Waals surface area contributed by atoms with E-state index >= 15 is 0 Å². The Morgan fingerprint density at radius 2 is 1.58 bits per heavy atom. The number of nitrogens with two attached hydrogens (primary N) is 1. The first kappa shape index (κ1) is 38.2. The highest BCUT2D eigenvalue weighted by molar-refractivity contribution is 5.77. The van der Waals surface area contributed by atoms with Gasteiger partial charge in [0.05, 0.1) is 11.5 Å². The van der Waals surface area contributed by atoms with Crippen molar-refractivity contribution in [1.29, 1.82) is 0 Å². The molecule has 1 heterocycles. The molecule has 6 heteroatoms. The van der Waals surface area contributed by atoms with Crippen LogP contribution >= 0.6 is 0 Å². The summed E-state index contributed by atoms with van der Waals surface area (Å²) in [6.07, 6.45) is 13.8. The van der Waals surface area contributed by atoms with Gasteiger partial charge in [-0.25, -0.2) is 0 Å². The first-order chi connectivity index (χ1) is 23.2. The molecule has 0 bridgehead atoms. The molecule has 0 aromatic carbocycles. The van der Waals surface area contributed by atoms with Gasteiger partial charge in [-0.05, 0) is 121 Å². The zero-order valence-electron chi connectivity index (χ0n) is 33.7. The van der Waals surface area contributed by atoms with Crippen LogP contribution in [0.25, 0.3) is 0 Å². The Labute approximate surface area is 306 Å². The fraction of sp³-hybridized carbons (Fsp3) is 0.886. The van der Waals surface area contributed by atoms with E-state index in [9.17, 15) is 9.90 Å². The number of amides is 1. The molecule has 284 valence electrons. The second-order valence-corrected chi connectivity index (χ2v) is 21.2. The number of allylic oxidation sites excluding steroid dienone is 2. The molecule has 1 aliphatic heterocycles. The number of piperazine rings is 1. The number of aliphatic hydroxyl groups excluding tert-OH is 1. The minimum atomic E-state index is -0.255. The van der Waals surface area contributed by atoms with Crippen molar-refractivity contribution in [3.05, 3.63) is 24.7 Å². The van der Waals surface area contributed by atoms with Crippen molar-refractivity contribution >= 4 is 5.91 Å². The maximum Gasteiger partial charge on any atom is 0.223 e. The summed E-state index contributed by atoms with van der Waals surface area (Å²) < 4.78 is 6.81. The SMILES string of the molecule is C=C(O)CC(C)(C)CC(=C)OC1CC[C@]2(C)[C@H]3CCC4(N)[C@H]5C(C(C)C)CC[C@]5(CC(=O)N5CCNCC5)CC[C@@]4(C)[C@]3(C)CC[C@H]2C1(C)C. The van der Waals surface area contributed by atoms with Crippen LogP contribution in [0.4, 0.5) is 0 Å². The van der Waals surface area contributed by atoms with E-state index in [0.29, 0.717) is 48.3 Å². The molecule has 5 aliphatic carbocycles. The fourth-order valence-corrected chi connectivity index (χ4v) is 14.9. The van der Waals surface area contributed by atoms with Crippen LogP contribution in [-0.2, 0) is 9.53 Å². The molecule has 6 aliphatic rings. The van der Waals surface area contributed by atoms with E-state index < -0.39 is 0 Å². The number of aliphatic hydroxyl groups is 1. The maximum atomic E-state index is 14.0. The molecule has 6 rings (SSSR count). The van der Waals surface area contributed by atoms with E-state index in [1.165, 1.54) is 38.5 Å². The van der Waals surface area contributed by atoms with Gasteiger partial charge in [0.1, 0.15) is 6.10 Å². The average Bonchev–Trinajstić information content (AvgIpc) is 3.40. The summed E-state index contributed by atoms with van der Waals surface area (Å²) in [7, 11) is 0. The Kier molecular flexibility index (Phi) is 9.78. The van der Waals surface area contributed by atoms with Crippen LogP contribution in [0, 0.1) is 62.1 Å². The second-order valence-electron chi connectivity index (χ2n) is 21.2. The van der Waals surface area contributed by atoms with E-state index in [2.05, 4.69) is 85.7 Å². The molecule has 10 atom stereocenters. The summed E-state index contributed by atoms with van der Waals surface area (Å²) in [6, 6.07) is 0. The van der Waals surface area contributed by atoms with Crippen LogP contribution in [-0.4, -0.2) is 53.7 Å². The number of nitrogens with zero attached hydrogens (tertiary/aromatic N) is 1. The largest absolute Gasteiger partial charge is 0.513 e. The van der Waals surface area contributed by atoms with Crippen molar-refractivity contribution in [2.24, 2.45) is 67.8 Å². The first-order valence-electron chi connectivity index (χ1n) is 20.6. The second kappa shape index (κ2) is 12.8. The van der Waals surface area contributed by atoms with E-state index in [0.717, 1.165) is 64.0 Å². The number of carbonyl (C=O) groups is 1. The van der Waals surface area contributed by atoms with Crippen LogP contribution in [0.15, 0.2) is 24.7 Å². The third-order valence-electron chi connectivity index (χ3n) is 17.4. The van der Waals surface area contributed by atoms with Crippen molar-refractivity contribution < 1.29 is 14.6 Å². The highest BCUT2D eigenvalue weighted by atomic mass is 16.5. The smallest absolute Gasteiger partial charge is 0.223 e. The number of carbonyl (C=O) groups excluding carboxylic acids is 1. The van der Waals surface area contributed by atoms with E-state index in [1.807, 2.05) is 0 Å². The zero-order valence-corrected chi connectivity index (χ0v) is 33.7. The number of ether oxygens (including phenoxy) is 1. The fourth-order valence-electron chi connectivity index (χ4n) is 14.9. The molecule has 1 amide bonds. The van der Waals surface area contributed by atoms with Crippen molar-refractivity contribution in [3.63, 3.8) is 0 Å². The van der Waals surface area contributed by atoms with Crippen LogP contribution in [0.3, 0.4) is 0 Å². The molecule has 50 heavy (non-hydrogen) atoms. The van der Waals surface area contributed by atoms with Gasteiger partial charge in [0, 0.05) is 56.4 Å². The summed E-state index contributed by atoms with van der Waals surface area (Å²) in [6.45, 7) is 33.7. The molecule has 6 nitrogen and oxygen atoms in total. The Hall–Kier alpha value is -1.53. The Bertz CT molecular complexity index is 1330. The van der Waals surface area contributed by atoms with Crippen molar-refractivity contribution in [2.75, 3.05) is 26.2 Å². The van der Waals surface area contributed by atoms with Gasteiger partial charge in [-0.2, -0.15) is 0 Å². The average molecular weight is 694 g/mol. The summed E-state index contributed by atoms with van der Waals surface area (Å²) in [5.74, 6) is 4.23. The number of hydrogen-bond acceptors (Lipinski definition) is 5. The molecule has 1 saturated heterocycles. The third-order valence-corrected chi connectivity index (χ3v) is 17.4. The predicted octanol–water partition coefficient (Wildman–Crippen LogP) is 9.40. The molecule has 3 unspecified atom stereocenters. The van der Waals surface area contributed by atoms with Gasteiger partial charge in [-0.3, -0.25) is 4.79 Å². The maximum absolute atomic E-state index is 14.0. The zero-order chi connectivity index (χ0) is 36.7. The minimum Gasteiger partial charge on any atom is -0.513 e. The highest BCUT2D eigenvalue weighted by Crippen LogP contribution is 2.78. The summed E-state index contributed by atoms with van der Waals surface area (Å²) >= 11 is 0. The molecule has 0 aromatic heterocycles. The van der Waals surface area contributed by atoms with Gasteiger partial charge in [-0.15, -0.1) is 0 Å². The van der Waals surface area contributed by atoms with Crippen LogP contribution in [0.1, 0.15) is 146 Å². The lowest BCUT2D eigenvalue weighted by Crippen LogP contribution is -2.76. The van der Waals surface area contributed by atoms with Crippen molar-refractivity contribution in [1.82, 2.24) is 10.2 Å². The van der Waals surface area contributed by atoms with Gasteiger partial charge in [0.25, 0.3) is 0 Å². The van der Waals surface area contributed by atoms with Crippen molar-refractivity contribution in [3.8, 4) is 0 Å². The third kappa shape index (κ3) is 5.82. The molecule has 0 aromatic rings. The molecule has 5 saturated carbocycles. The standard InChI is InChI=1S/C44H75N3O3/c1-29(2)32-12-18-43(28-36(49)47-24-22-46-23-25-47)21-20-42(11)41(10)17-13-33-39(7,8)35(50-31(4)27-38(5,6)26-30(3)48)15-16-40(33,9)34(41)14-19-44(42,45)37(32)43/h29,32-35,37,46,48H,3-4,12-28,45H2,1-2,5-11H3/t32?,33-,34+,35?,37-,40-,41+,42-,43+,44?/m0/s1. The molecular weight excluding hydrogens is 619 g/mol. The lowest BCUT2D eigenvalue weighted by Gasteiger charge is -2.76. The molecule has 6 fully saturated rings. The topological polar surface area (TPSA) is 87.8 Å². The van der Waals surface area contributed by atoms with E-state index in [4.69, 9.17) is 10.5 Å². The number of fused-ring (bicyclic) bond motifs is 7. The van der Waals surface area contributed by atoms with Gasteiger partial charge in [0.2, 0.25) is 5.91 Å². The Morgan fingerprint density at radius 1 is 0.920 bits per heavy atom. The number of rotatable bonds is 9. The van der Waals surface area contributed by atoms with Gasteiger partial charge in [-0.1, -0.05) is 75.5 Å². The molecule has 0 radical (unpaired) electrons. The van der Waals surface area contributed by atoms with Crippen molar-refractivity contribution in [2.45, 2.75) is 157 Å². The lowest BCUT2D eigenvalue weighted by molar-refractivity contribution is -0.257. The number of hydrogen-bond donors (Lipinski definition) is 3. The molecular formula is C44H75N3O3. The monoisotopic (exact) mass is 694 g/mol. The Morgan fingerprint density at radius 3 is 2.22 bits per heavy atom. The molecule has 0 spiro atoms. The Balaban J connectivity index is 1.26. The molecule has 4 N–H and O–H groups in total. The summed E-state index contributed by atoms with van der Waals surface area (Å²) in [5, 5.41) is 13.3. The van der Waals surface area contributed by atoms with Crippen LogP contribution in [0.5, 0.6) is 0 Å². The lowest BCUT2D eigenvalue weighted by atomic mass is 9.30. The quantitative estimate of drug-likeness (QED) is 0.210. The minimum absolute atomic E-state index is 0.0282. The van der Waals surface area contributed by atoms with E-state index in [-0.39, 0.29) is 49.9 Å². The first-order valence-corrected chi connectivity index (χ1v) is 20.6. The van der Waals surface area contributed by atoms with Gasteiger partial charge < -0.3 is 25.8 Å². The summed E-state index contributed by atoms with van der Waals surface area (Å²) in [4.78, 5) is 16.2. The van der Waals surface area contributed by atoms with Crippen LogP contribution < -0.4 is 11.1 Å². The van der Waals surface area contributed by atoms with E-state index in [1.54, 1.807) is 0 Å². The number of nitrogens with one attached hydrogen (secondary N) is 1.